The fourth-order valence-corrected chi connectivity index (χ4v) is 19.3. The molecule has 0 spiro atoms. The van der Waals surface area contributed by atoms with E-state index < -0.39 is 34.7 Å². The van der Waals surface area contributed by atoms with E-state index in [9.17, 15) is 25.2 Å². The van der Waals surface area contributed by atoms with Crippen molar-refractivity contribution in [3.63, 3.8) is 0 Å². The molecular weight excluding hydrogens is 749 g/mol. The van der Waals surface area contributed by atoms with Gasteiger partial charge in [-0.25, -0.2) is 4.98 Å². The Kier molecular flexibility index (Phi) is 8.87. The zero-order chi connectivity index (χ0) is 39.4. The fourth-order valence-electron chi connectivity index (χ4n) is 16.6. The number of imidazole rings is 1. The third kappa shape index (κ3) is 5.20. The molecule has 11 rings (SSSR count). The molecular formula is C48H64N2O5S2. The van der Waals surface area contributed by atoms with Gasteiger partial charge in [-0.2, -0.15) is 0 Å². The Hall–Kier alpha value is -1.62. The van der Waals surface area contributed by atoms with Gasteiger partial charge >= 0.3 is 0 Å². The van der Waals surface area contributed by atoms with Gasteiger partial charge in [-0.15, -0.1) is 0 Å². The lowest BCUT2D eigenvalue weighted by Crippen LogP contribution is -2.63. The zero-order valence-corrected chi connectivity index (χ0v) is 36.0. The first-order chi connectivity index (χ1) is 27.3. The van der Waals surface area contributed by atoms with Gasteiger partial charge in [0.1, 0.15) is 0 Å². The van der Waals surface area contributed by atoms with Gasteiger partial charge in [-0.1, -0.05) is 83.7 Å². The number of aliphatic hydroxyl groups is 4. The monoisotopic (exact) mass is 812 g/mol. The van der Waals surface area contributed by atoms with Crippen LogP contribution in [0.1, 0.15) is 111 Å². The van der Waals surface area contributed by atoms with Crippen LogP contribution in [0.15, 0.2) is 64.8 Å². The maximum Gasteiger partial charge on any atom is 0.159 e. The Morgan fingerprint density at radius 3 is 2.51 bits per heavy atom. The van der Waals surface area contributed by atoms with E-state index in [0.29, 0.717) is 30.1 Å². The maximum atomic E-state index is 14.3. The summed E-state index contributed by atoms with van der Waals surface area (Å²) < 4.78 is 2.32. The van der Waals surface area contributed by atoms with Crippen LogP contribution in [-0.2, 0) is 4.79 Å². The van der Waals surface area contributed by atoms with Crippen molar-refractivity contribution in [3.8, 4) is 0 Å². The molecule has 7 nitrogen and oxygen atoms in total. The van der Waals surface area contributed by atoms with Crippen LogP contribution < -0.4 is 0 Å². The van der Waals surface area contributed by atoms with E-state index in [0.717, 1.165) is 55.6 Å². The molecule has 308 valence electrons. The summed E-state index contributed by atoms with van der Waals surface area (Å²) in [6.45, 7) is 9.49. The first-order valence-electron chi connectivity index (χ1n) is 22.7. The van der Waals surface area contributed by atoms with Crippen molar-refractivity contribution >= 4 is 27.4 Å². The first kappa shape index (κ1) is 38.3. The minimum Gasteiger partial charge on any atom is -0.392 e. The number of nitrogens with zero attached hydrogens (tertiary/aromatic N) is 2. The van der Waals surface area contributed by atoms with Crippen molar-refractivity contribution in [2.24, 2.45) is 75.4 Å². The molecule has 6 fully saturated rings. The molecule has 1 aromatic rings. The molecule has 1 aromatic heterocycles. The lowest BCUT2D eigenvalue weighted by molar-refractivity contribution is -0.160. The topological polar surface area (TPSA) is 116 Å². The molecule has 5 saturated carbocycles. The summed E-state index contributed by atoms with van der Waals surface area (Å²) in [5.41, 5.74) is 5.11. The van der Waals surface area contributed by atoms with Crippen molar-refractivity contribution in [1.29, 1.82) is 0 Å². The average molecular weight is 813 g/mol. The highest BCUT2D eigenvalue weighted by Gasteiger charge is 2.71. The van der Waals surface area contributed by atoms with Gasteiger partial charge in [-0.05, 0) is 135 Å². The number of ketones is 1. The number of rotatable bonds is 1. The van der Waals surface area contributed by atoms with Gasteiger partial charge in [0.05, 0.1) is 30.2 Å². The Labute approximate surface area is 347 Å². The molecule has 2 heterocycles. The molecule has 57 heavy (non-hydrogen) atoms. The second kappa shape index (κ2) is 13.2. The average Bonchev–Trinajstić information content (AvgIpc) is 3.80. The molecule has 9 aliphatic carbocycles. The number of fused-ring (bicyclic) bond motifs is 11. The number of carbonyl (C=O) groups excluding carboxylic acids is 1. The van der Waals surface area contributed by atoms with Crippen LogP contribution in [0.4, 0.5) is 0 Å². The SMILES string of the molecule is CC1(C)CC(n2ccnc2)CSSCC2CC(C3CC4CCC5C=CC6CCCC7=C1C(C4=C5C76)C3O)C1(C)CCC3C(=CC(=O)C4CC(O)C(O)CC43C)C21O. The summed E-state index contributed by atoms with van der Waals surface area (Å²) in [6, 6.07) is 0.232. The molecule has 4 bridgehead atoms. The first-order valence-corrected chi connectivity index (χ1v) is 25.1. The largest absolute Gasteiger partial charge is 0.392 e. The standard InChI is InChI=1S/C48H64N2O5S2/c1-45(2)20-29(50-15-14-49-24-50)23-57-56-22-28-17-33(47(4)13-12-32-34(48(28,47)55)18-36(51)35-19-37(52)38(53)21-46(32,35)3)31-16-27-11-10-26-9-8-25-6-5-7-30-39(25)40(26)41(27)42(43(30)45)44(31)54/h8-9,14-15,18,24-29,31-33,35,37-39,42,44,52-55H,5-7,10-13,16-17,19-23H2,1-4H3. The third-order valence-corrected chi connectivity index (χ3v) is 21.5. The molecule has 4 N–H and O–H groups in total. The van der Waals surface area contributed by atoms with Crippen LogP contribution >= 0.6 is 21.6 Å². The molecule has 9 heteroatoms. The van der Waals surface area contributed by atoms with Crippen molar-refractivity contribution in [2.45, 2.75) is 135 Å². The molecule has 17 unspecified atom stereocenters. The van der Waals surface area contributed by atoms with Crippen molar-refractivity contribution in [2.75, 3.05) is 11.5 Å². The summed E-state index contributed by atoms with van der Waals surface area (Å²) in [5, 5.41) is 49.2. The Bertz CT molecular complexity index is 1970. The van der Waals surface area contributed by atoms with Gasteiger partial charge in [0, 0.05) is 59.0 Å². The minimum atomic E-state index is -1.19. The fraction of sp³-hybridized carbons (Fsp3) is 0.750. The van der Waals surface area contributed by atoms with Gasteiger partial charge < -0.3 is 25.0 Å². The summed E-state index contributed by atoms with van der Waals surface area (Å²) in [7, 11) is 3.81. The normalized spacial score (nSPS) is 51.0. The van der Waals surface area contributed by atoms with E-state index in [1.54, 1.807) is 22.3 Å². The number of carbonyl (C=O) groups is 1. The van der Waals surface area contributed by atoms with E-state index in [-0.39, 0.29) is 59.2 Å². The van der Waals surface area contributed by atoms with E-state index in [4.69, 9.17) is 0 Å². The Balaban J connectivity index is 1.07. The van der Waals surface area contributed by atoms with Crippen LogP contribution in [0.2, 0.25) is 0 Å². The van der Waals surface area contributed by atoms with Gasteiger partial charge in [0.25, 0.3) is 0 Å². The summed E-state index contributed by atoms with van der Waals surface area (Å²) >= 11 is 0. The van der Waals surface area contributed by atoms with Gasteiger partial charge in [0.15, 0.2) is 5.78 Å². The van der Waals surface area contributed by atoms with Crippen LogP contribution in [0.25, 0.3) is 0 Å². The molecule has 0 amide bonds. The number of aromatic nitrogens is 2. The van der Waals surface area contributed by atoms with Crippen molar-refractivity contribution in [3.05, 3.63) is 64.8 Å². The third-order valence-electron chi connectivity index (χ3n) is 19.0. The quantitative estimate of drug-likeness (QED) is 0.166. The zero-order valence-electron chi connectivity index (χ0n) is 34.4. The van der Waals surface area contributed by atoms with Crippen LogP contribution in [-0.4, -0.2) is 71.2 Å². The second-order valence-electron chi connectivity index (χ2n) is 21.8. The molecule has 1 saturated heterocycles. The Morgan fingerprint density at radius 1 is 0.877 bits per heavy atom. The molecule has 0 radical (unpaired) electrons. The van der Waals surface area contributed by atoms with Gasteiger partial charge in [-0.3, -0.25) is 4.79 Å². The van der Waals surface area contributed by atoms with Gasteiger partial charge in [0.2, 0.25) is 0 Å². The van der Waals surface area contributed by atoms with Crippen LogP contribution in [0.3, 0.4) is 0 Å². The Morgan fingerprint density at radius 2 is 1.70 bits per heavy atom. The van der Waals surface area contributed by atoms with Crippen molar-refractivity contribution in [1.82, 2.24) is 9.55 Å². The number of aliphatic hydroxyl groups excluding tert-OH is 3. The summed E-state index contributed by atoms with van der Waals surface area (Å²) in [6.07, 6.45) is 21.9. The molecule has 1 aliphatic heterocycles. The van der Waals surface area contributed by atoms with Crippen LogP contribution in [0.5, 0.6) is 0 Å². The lowest BCUT2D eigenvalue weighted by atomic mass is 9.44. The number of hydrogen-bond acceptors (Lipinski definition) is 8. The highest BCUT2D eigenvalue weighted by Crippen LogP contribution is 2.73. The van der Waals surface area contributed by atoms with E-state index in [1.165, 1.54) is 25.7 Å². The minimum absolute atomic E-state index is 0.0129. The number of hydrogen-bond donors (Lipinski definition) is 4. The molecule has 0 aromatic carbocycles. The number of allylic oxidation sites excluding steroid dienone is 5. The predicted molar refractivity (Wildman–Crippen MR) is 226 cm³/mol. The highest BCUT2D eigenvalue weighted by molar-refractivity contribution is 8.76. The van der Waals surface area contributed by atoms with E-state index in [2.05, 4.69) is 55.6 Å². The smallest absolute Gasteiger partial charge is 0.159 e. The predicted octanol–water partition coefficient (Wildman–Crippen LogP) is 8.28. The summed E-state index contributed by atoms with van der Waals surface area (Å²) in [5.74, 6) is 3.49. The second-order valence-corrected chi connectivity index (χ2v) is 24.3. The molecule has 17 atom stereocenters. The molecule has 10 aliphatic rings. The lowest BCUT2D eigenvalue weighted by Gasteiger charge is -2.62. The van der Waals surface area contributed by atoms with Crippen molar-refractivity contribution < 1.29 is 25.2 Å². The summed E-state index contributed by atoms with van der Waals surface area (Å²) in [4.78, 5) is 18.8. The van der Waals surface area contributed by atoms with E-state index in [1.807, 2.05) is 40.2 Å². The van der Waals surface area contributed by atoms with E-state index >= 15 is 0 Å². The van der Waals surface area contributed by atoms with Crippen LogP contribution in [0, 0.1) is 75.4 Å². The maximum absolute atomic E-state index is 14.3. The highest BCUT2D eigenvalue weighted by atomic mass is 33.1.